The first kappa shape index (κ1) is 16.0. The van der Waals surface area contributed by atoms with Crippen molar-refractivity contribution in [2.75, 3.05) is 0 Å². The molecule has 4 aromatic rings. The second kappa shape index (κ2) is 5.88. The number of hydrogen-bond acceptors (Lipinski definition) is 5. The average molecular weight is 381 g/mol. The summed E-state index contributed by atoms with van der Waals surface area (Å²) in [7, 11) is 0. The largest absolute Gasteiger partial charge is 0.325 e. The Morgan fingerprint density at radius 1 is 1.19 bits per heavy atom. The summed E-state index contributed by atoms with van der Waals surface area (Å²) < 4.78 is 1.66. The van der Waals surface area contributed by atoms with Crippen molar-refractivity contribution in [3.8, 4) is 11.3 Å². The van der Waals surface area contributed by atoms with Crippen LogP contribution in [0.2, 0.25) is 5.15 Å². The summed E-state index contributed by atoms with van der Waals surface area (Å²) in [6.07, 6.45) is 7.54. The summed E-state index contributed by atoms with van der Waals surface area (Å²) in [4.78, 5) is 36.8. The molecule has 5 rings (SSSR count). The highest BCUT2D eigenvalue weighted by atomic mass is 35.5. The van der Waals surface area contributed by atoms with Crippen molar-refractivity contribution in [1.29, 1.82) is 0 Å². The van der Waals surface area contributed by atoms with E-state index in [9.17, 15) is 9.59 Å². The van der Waals surface area contributed by atoms with Crippen molar-refractivity contribution in [2.24, 2.45) is 0 Å². The van der Waals surface area contributed by atoms with Crippen molar-refractivity contribution in [1.82, 2.24) is 29.5 Å². The van der Waals surface area contributed by atoms with E-state index in [2.05, 4.69) is 25.0 Å². The van der Waals surface area contributed by atoms with Gasteiger partial charge in [-0.1, -0.05) is 17.7 Å². The Morgan fingerprint density at radius 2 is 2.07 bits per heavy atom. The molecule has 27 heavy (non-hydrogen) atoms. The molecule has 4 aromatic heterocycles. The maximum absolute atomic E-state index is 12.2. The van der Waals surface area contributed by atoms with Gasteiger partial charge in [-0.05, 0) is 36.0 Å². The lowest BCUT2D eigenvalue weighted by Crippen LogP contribution is -2.23. The van der Waals surface area contributed by atoms with Crippen LogP contribution >= 0.6 is 11.6 Å². The maximum Gasteiger partial charge on any atom is 0.325 e. The number of halogens is 1. The van der Waals surface area contributed by atoms with Crippen LogP contribution in [0.3, 0.4) is 0 Å². The van der Waals surface area contributed by atoms with Gasteiger partial charge in [0, 0.05) is 30.4 Å². The predicted octanol–water partition coefficient (Wildman–Crippen LogP) is 2.09. The Morgan fingerprint density at radius 3 is 2.85 bits per heavy atom. The summed E-state index contributed by atoms with van der Waals surface area (Å²) in [6.45, 7) is 0. The maximum atomic E-state index is 12.2. The molecule has 0 radical (unpaired) electrons. The van der Waals surface area contributed by atoms with E-state index in [-0.39, 0.29) is 5.92 Å². The van der Waals surface area contributed by atoms with Gasteiger partial charge < -0.3 is 4.98 Å². The van der Waals surface area contributed by atoms with E-state index in [1.807, 2.05) is 12.1 Å². The van der Waals surface area contributed by atoms with Crippen LogP contribution < -0.4 is 11.2 Å². The number of aromatic nitrogens is 6. The zero-order valence-electron chi connectivity index (χ0n) is 13.9. The molecular formula is C18H13ClN6O2. The molecule has 4 heterocycles. The number of rotatable bonds is 3. The van der Waals surface area contributed by atoms with Gasteiger partial charge in [0.15, 0.2) is 5.65 Å². The van der Waals surface area contributed by atoms with Gasteiger partial charge in [0.25, 0.3) is 5.56 Å². The zero-order valence-corrected chi connectivity index (χ0v) is 14.6. The smallest absolute Gasteiger partial charge is 0.313 e. The number of H-pyrrole nitrogens is 2. The summed E-state index contributed by atoms with van der Waals surface area (Å²) >= 11 is 5.88. The summed E-state index contributed by atoms with van der Waals surface area (Å²) in [6, 6.07) is 5.64. The summed E-state index contributed by atoms with van der Waals surface area (Å²) in [5.41, 5.74) is 2.64. The average Bonchev–Trinajstić information content (AvgIpc) is 3.30. The van der Waals surface area contributed by atoms with Crippen molar-refractivity contribution in [3.05, 3.63) is 80.1 Å². The number of aromatic amines is 2. The lowest BCUT2D eigenvalue weighted by atomic mass is 10.1. The lowest BCUT2D eigenvalue weighted by molar-refractivity contribution is 0.905. The molecule has 1 fully saturated rings. The minimum Gasteiger partial charge on any atom is -0.313 e. The normalized spacial score (nSPS) is 18.7. The fourth-order valence-corrected chi connectivity index (χ4v) is 3.57. The third kappa shape index (κ3) is 2.74. The Labute approximate surface area is 156 Å². The van der Waals surface area contributed by atoms with E-state index in [0.29, 0.717) is 22.3 Å². The summed E-state index contributed by atoms with van der Waals surface area (Å²) in [5, 5.41) is 4.93. The molecule has 8 nitrogen and oxygen atoms in total. The van der Waals surface area contributed by atoms with Gasteiger partial charge in [-0.15, -0.1) is 0 Å². The number of imidazole rings is 1. The van der Waals surface area contributed by atoms with Gasteiger partial charge in [-0.2, -0.15) is 5.10 Å². The standard InChI is InChI=1S/C18H13ClN6O2/c19-15-2-1-9(7-21-15)10-5-11(10)12-6-14(24-25-4-3-20-16(12)25)13-8-22-18(27)23-17(13)26/h1-4,6-8,10-11H,5H2,(H2,22,23,26,27)/t10-,11?/m1/s1. The highest BCUT2D eigenvalue weighted by Gasteiger charge is 2.41. The molecule has 1 saturated carbocycles. The molecule has 0 aliphatic heterocycles. The Hall–Kier alpha value is -3.26. The molecule has 0 aromatic carbocycles. The van der Waals surface area contributed by atoms with E-state index in [1.165, 1.54) is 6.20 Å². The third-order valence-electron chi connectivity index (χ3n) is 4.85. The van der Waals surface area contributed by atoms with E-state index in [4.69, 9.17) is 11.6 Å². The molecule has 134 valence electrons. The van der Waals surface area contributed by atoms with Gasteiger partial charge in [-0.3, -0.25) is 9.78 Å². The van der Waals surface area contributed by atoms with E-state index in [1.54, 1.807) is 29.2 Å². The molecular weight excluding hydrogens is 368 g/mol. The third-order valence-corrected chi connectivity index (χ3v) is 5.07. The highest BCUT2D eigenvalue weighted by Crippen LogP contribution is 2.55. The van der Waals surface area contributed by atoms with Crippen LogP contribution in [-0.2, 0) is 0 Å². The highest BCUT2D eigenvalue weighted by molar-refractivity contribution is 6.29. The molecule has 0 bridgehead atoms. The number of fused-ring (bicyclic) bond motifs is 1. The number of nitrogens with zero attached hydrogens (tertiary/aromatic N) is 4. The predicted molar refractivity (Wildman–Crippen MR) is 99.0 cm³/mol. The van der Waals surface area contributed by atoms with Crippen LogP contribution in [0.1, 0.15) is 29.4 Å². The van der Waals surface area contributed by atoms with Crippen LogP contribution in [0, 0.1) is 0 Å². The molecule has 0 spiro atoms. The fraction of sp³-hybridized carbons (Fsp3) is 0.167. The van der Waals surface area contributed by atoms with Crippen molar-refractivity contribution >= 4 is 17.2 Å². The van der Waals surface area contributed by atoms with Gasteiger partial charge in [0.05, 0.1) is 11.3 Å². The summed E-state index contributed by atoms with van der Waals surface area (Å²) in [5.74, 6) is 0.570. The zero-order chi connectivity index (χ0) is 18.5. The van der Waals surface area contributed by atoms with Crippen molar-refractivity contribution in [2.45, 2.75) is 18.3 Å². The van der Waals surface area contributed by atoms with Crippen molar-refractivity contribution < 1.29 is 0 Å². The lowest BCUT2D eigenvalue weighted by Gasteiger charge is -2.07. The number of nitrogens with one attached hydrogen (secondary N) is 2. The molecule has 0 amide bonds. The first-order valence-electron chi connectivity index (χ1n) is 8.38. The first-order valence-corrected chi connectivity index (χ1v) is 8.76. The van der Waals surface area contributed by atoms with E-state index in [0.717, 1.165) is 23.2 Å². The minimum absolute atomic E-state index is 0.251. The van der Waals surface area contributed by atoms with Gasteiger partial charge in [-0.25, -0.2) is 19.3 Å². The molecule has 1 aliphatic carbocycles. The molecule has 2 atom stereocenters. The number of hydrogen-bond donors (Lipinski definition) is 2. The van der Waals surface area contributed by atoms with E-state index >= 15 is 0 Å². The topological polar surface area (TPSA) is 109 Å². The second-order valence-corrected chi connectivity index (χ2v) is 6.92. The molecule has 2 N–H and O–H groups in total. The molecule has 1 unspecified atom stereocenters. The molecule has 9 heteroatoms. The van der Waals surface area contributed by atoms with Crippen LogP contribution in [0.15, 0.2) is 52.6 Å². The Kier molecular flexibility index (Phi) is 3.48. The quantitative estimate of drug-likeness (QED) is 0.529. The van der Waals surface area contributed by atoms with Crippen LogP contribution in [0.25, 0.3) is 16.9 Å². The first-order chi connectivity index (χ1) is 13.1. The van der Waals surface area contributed by atoms with Crippen LogP contribution in [0.5, 0.6) is 0 Å². The van der Waals surface area contributed by atoms with Crippen LogP contribution in [-0.4, -0.2) is 29.5 Å². The van der Waals surface area contributed by atoms with Crippen LogP contribution in [0.4, 0.5) is 0 Å². The SMILES string of the molecule is O=c1[nH]cc(-c2cc(C3C[C@@H]3c3ccc(Cl)nc3)c3nccn3n2)c(=O)[nH]1. The van der Waals surface area contributed by atoms with Crippen molar-refractivity contribution in [3.63, 3.8) is 0 Å². The van der Waals surface area contributed by atoms with Gasteiger partial charge >= 0.3 is 5.69 Å². The second-order valence-electron chi connectivity index (χ2n) is 6.53. The molecule has 0 saturated heterocycles. The van der Waals surface area contributed by atoms with Gasteiger partial charge in [0.1, 0.15) is 5.15 Å². The monoisotopic (exact) mass is 380 g/mol. The Balaban J connectivity index is 1.60. The molecule has 1 aliphatic rings. The minimum atomic E-state index is -0.551. The Bertz CT molecular complexity index is 1270. The van der Waals surface area contributed by atoms with E-state index < -0.39 is 11.2 Å². The fourth-order valence-electron chi connectivity index (χ4n) is 3.46. The number of pyridine rings is 1. The van der Waals surface area contributed by atoms with Gasteiger partial charge in [0.2, 0.25) is 0 Å².